The predicted molar refractivity (Wildman–Crippen MR) is 131 cm³/mol. The van der Waals surface area contributed by atoms with E-state index in [-0.39, 0.29) is 0 Å². The Hall–Kier alpha value is -3.01. The Morgan fingerprint density at radius 3 is 2.58 bits per heavy atom. The molecule has 1 saturated heterocycles. The third-order valence-corrected chi connectivity index (χ3v) is 6.25. The molecule has 0 aliphatic carbocycles. The summed E-state index contributed by atoms with van der Waals surface area (Å²) in [5.41, 5.74) is 2.37. The number of ether oxygens (including phenoxy) is 4. The molecule has 0 amide bonds. The molecule has 1 aromatic heterocycles. The zero-order valence-electron chi connectivity index (χ0n) is 18.5. The maximum atomic E-state index is 13.1. The second-order valence-corrected chi connectivity index (χ2v) is 9.28. The van der Waals surface area contributed by atoms with Gasteiger partial charge in [-0.15, -0.1) is 0 Å². The zero-order chi connectivity index (χ0) is 23.8. The molecule has 8 heteroatoms. The van der Waals surface area contributed by atoms with Gasteiger partial charge in [-0.05, 0) is 51.9 Å². The number of hydrogen-bond donors (Lipinski definition) is 1. The minimum atomic E-state index is -1.32. The first kappa shape index (κ1) is 23.2. The first-order chi connectivity index (χ1) is 15.8. The van der Waals surface area contributed by atoms with Gasteiger partial charge in [0.05, 0.1) is 10.7 Å². The number of aromatic nitrogens is 1. The first-order valence-corrected chi connectivity index (χ1v) is 11.5. The van der Waals surface area contributed by atoms with Gasteiger partial charge in [0.15, 0.2) is 17.4 Å². The predicted octanol–water partition coefficient (Wildman–Crippen LogP) is 4.93. The average Bonchev–Trinajstić information content (AvgIpc) is 3.18. The number of fused-ring (bicyclic) bond motifs is 1. The molecule has 0 bridgehead atoms. The third-order valence-electron chi connectivity index (χ3n) is 5.45. The van der Waals surface area contributed by atoms with Crippen molar-refractivity contribution in [1.82, 2.24) is 4.98 Å². The number of para-hydroxylation sites is 1. The van der Waals surface area contributed by atoms with Crippen LogP contribution in [-0.2, 0) is 19.1 Å². The van der Waals surface area contributed by atoms with Gasteiger partial charge in [0.1, 0.15) is 6.61 Å². The molecule has 1 fully saturated rings. The van der Waals surface area contributed by atoms with Crippen molar-refractivity contribution in [2.45, 2.75) is 25.6 Å². The fraction of sp³-hybridized carbons (Fsp3) is 0.280. The van der Waals surface area contributed by atoms with Gasteiger partial charge in [0.2, 0.25) is 0 Å². The highest BCUT2D eigenvalue weighted by Gasteiger charge is 2.48. The monoisotopic (exact) mass is 561 g/mol. The summed E-state index contributed by atoms with van der Waals surface area (Å²) in [7, 11) is 1.54. The lowest BCUT2D eigenvalue weighted by Gasteiger charge is -2.36. The van der Waals surface area contributed by atoms with Crippen LogP contribution < -0.4 is 9.47 Å². The fourth-order valence-corrected chi connectivity index (χ4v) is 4.89. The summed E-state index contributed by atoms with van der Waals surface area (Å²) in [5, 5.41) is 0.897. The van der Waals surface area contributed by atoms with Gasteiger partial charge in [-0.3, -0.25) is 9.59 Å². The number of carbonyl (C=O) groups is 2. The summed E-state index contributed by atoms with van der Waals surface area (Å²) in [6.07, 6.45) is 3.46. The molecule has 0 unspecified atom stereocenters. The number of H-pyrrole nitrogens is 1. The SMILES string of the molecule is C=CCOc1c(I)cc([C@@H](c2c[nH]c3ccccc23)C2C(=O)OC(C)(C)OC2=O)cc1OC. The lowest BCUT2D eigenvalue weighted by Crippen LogP contribution is -2.48. The number of methoxy groups -OCH3 is 1. The first-order valence-electron chi connectivity index (χ1n) is 10.4. The van der Waals surface area contributed by atoms with E-state index in [0.717, 1.165) is 20.0 Å². The number of halogens is 1. The zero-order valence-corrected chi connectivity index (χ0v) is 20.7. The molecule has 3 aromatic rings. The summed E-state index contributed by atoms with van der Waals surface area (Å²) in [5.74, 6) is -3.38. The van der Waals surface area contributed by atoms with E-state index >= 15 is 0 Å². The van der Waals surface area contributed by atoms with E-state index in [1.165, 1.54) is 13.8 Å². The van der Waals surface area contributed by atoms with Gasteiger partial charge in [-0.2, -0.15) is 0 Å². The molecule has 1 atom stereocenters. The molecule has 0 saturated carbocycles. The quantitative estimate of drug-likeness (QED) is 0.191. The van der Waals surface area contributed by atoms with Crippen LogP contribution in [0.15, 0.2) is 55.3 Å². The number of hydrogen-bond acceptors (Lipinski definition) is 6. The number of carbonyl (C=O) groups excluding carboxylic acids is 2. The smallest absolute Gasteiger partial charge is 0.324 e. The Bertz CT molecular complexity index is 1210. The van der Waals surface area contributed by atoms with Crippen molar-refractivity contribution in [2.24, 2.45) is 5.92 Å². The van der Waals surface area contributed by atoms with Crippen LogP contribution in [0.3, 0.4) is 0 Å². The molecule has 1 aliphatic heterocycles. The van der Waals surface area contributed by atoms with Gasteiger partial charge >= 0.3 is 11.9 Å². The molecule has 7 nitrogen and oxygen atoms in total. The summed E-state index contributed by atoms with van der Waals surface area (Å²) < 4.78 is 23.1. The average molecular weight is 561 g/mol. The number of esters is 2. The molecule has 1 aliphatic rings. The van der Waals surface area contributed by atoms with Crippen LogP contribution in [0.25, 0.3) is 10.9 Å². The Balaban J connectivity index is 1.91. The lowest BCUT2D eigenvalue weighted by molar-refractivity contribution is -0.240. The maximum Gasteiger partial charge on any atom is 0.324 e. The molecule has 2 aromatic carbocycles. The van der Waals surface area contributed by atoms with E-state index in [1.807, 2.05) is 36.5 Å². The van der Waals surface area contributed by atoms with E-state index in [9.17, 15) is 9.59 Å². The molecule has 2 heterocycles. The van der Waals surface area contributed by atoms with Gasteiger partial charge in [0.25, 0.3) is 5.79 Å². The Labute approximate surface area is 205 Å². The van der Waals surface area contributed by atoms with Crippen molar-refractivity contribution >= 4 is 45.4 Å². The summed E-state index contributed by atoms with van der Waals surface area (Å²) in [4.78, 5) is 29.5. The van der Waals surface area contributed by atoms with Crippen molar-refractivity contribution in [3.63, 3.8) is 0 Å². The molecule has 33 heavy (non-hydrogen) atoms. The Kier molecular flexibility index (Phi) is 6.38. The summed E-state index contributed by atoms with van der Waals surface area (Å²) in [6, 6.07) is 11.4. The van der Waals surface area contributed by atoms with E-state index in [2.05, 4.69) is 34.2 Å². The largest absolute Gasteiger partial charge is 0.493 e. The van der Waals surface area contributed by atoms with Crippen molar-refractivity contribution in [2.75, 3.05) is 13.7 Å². The second-order valence-electron chi connectivity index (χ2n) is 8.12. The Morgan fingerprint density at radius 1 is 1.21 bits per heavy atom. The topological polar surface area (TPSA) is 86.9 Å². The molecule has 0 radical (unpaired) electrons. The van der Waals surface area contributed by atoms with Crippen LogP contribution >= 0.6 is 22.6 Å². The molecular formula is C25H24INO6. The lowest BCUT2D eigenvalue weighted by atomic mass is 9.80. The van der Waals surface area contributed by atoms with Crippen molar-refractivity contribution in [3.05, 3.63) is 69.9 Å². The van der Waals surface area contributed by atoms with Crippen LogP contribution in [-0.4, -0.2) is 36.4 Å². The molecular weight excluding hydrogens is 537 g/mol. The van der Waals surface area contributed by atoms with Crippen molar-refractivity contribution in [1.29, 1.82) is 0 Å². The fourth-order valence-electron chi connectivity index (χ4n) is 4.11. The standard InChI is InChI=1S/C25H24INO6/c1-5-10-31-22-17(26)11-14(12-19(22)30-4)20(16-13-27-18-9-7-6-8-15(16)18)21-23(28)32-25(2,3)33-24(21)29/h5-9,11-13,20-21,27H,1,10H2,2-4H3/t20-/m0/s1. The summed E-state index contributed by atoms with van der Waals surface area (Å²) >= 11 is 2.15. The molecule has 4 rings (SSSR count). The molecule has 0 spiro atoms. The van der Waals surface area contributed by atoms with Gasteiger partial charge in [-0.1, -0.05) is 30.9 Å². The number of nitrogens with one attached hydrogen (secondary N) is 1. The van der Waals surface area contributed by atoms with E-state index in [0.29, 0.717) is 23.7 Å². The van der Waals surface area contributed by atoms with E-state index in [4.69, 9.17) is 18.9 Å². The minimum Gasteiger partial charge on any atom is -0.493 e. The highest BCUT2D eigenvalue weighted by Crippen LogP contribution is 2.44. The highest BCUT2D eigenvalue weighted by molar-refractivity contribution is 14.1. The number of benzene rings is 2. The van der Waals surface area contributed by atoms with E-state index < -0.39 is 29.6 Å². The Morgan fingerprint density at radius 2 is 1.91 bits per heavy atom. The maximum absolute atomic E-state index is 13.1. The normalized spacial score (nSPS) is 16.7. The molecule has 1 N–H and O–H groups in total. The van der Waals surface area contributed by atoms with Crippen molar-refractivity contribution in [3.8, 4) is 11.5 Å². The third kappa shape index (κ3) is 4.44. The van der Waals surface area contributed by atoms with Crippen LogP contribution in [0.5, 0.6) is 11.5 Å². The number of cyclic esters (lactones) is 2. The highest BCUT2D eigenvalue weighted by atomic mass is 127. The van der Waals surface area contributed by atoms with Crippen LogP contribution in [0.2, 0.25) is 0 Å². The molecule has 172 valence electrons. The minimum absolute atomic E-state index is 0.313. The number of aromatic amines is 1. The van der Waals surface area contributed by atoms with Gasteiger partial charge in [0, 0.05) is 36.9 Å². The van der Waals surface area contributed by atoms with Gasteiger partial charge < -0.3 is 23.9 Å². The number of rotatable bonds is 7. The summed E-state index contributed by atoms with van der Waals surface area (Å²) in [6.45, 7) is 7.08. The van der Waals surface area contributed by atoms with Gasteiger partial charge in [-0.25, -0.2) is 0 Å². The van der Waals surface area contributed by atoms with Crippen LogP contribution in [0.4, 0.5) is 0 Å². The van der Waals surface area contributed by atoms with Crippen LogP contribution in [0, 0.1) is 9.49 Å². The van der Waals surface area contributed by atoms with Crippen LogP contribution in [0.1, 0.15) is 30.9 Å². The van der Waals surface area contributed by atoms with Crippen molar-refractivity contribution < 1.29 is 28.5 Å². The van der Waals surface area contributed by atoms with E-state index in [1.54, 1.807) is 19.3 Å². The second kappa shape index (κ2) is 9.09.